The minimum atomic E-state index is -0.541. The van der Waals surface area contributed by atoms with Crippen LogP contribution in [-0.2, 0) is 16.8 Å². The van der Waals surface area contributed by atoms with E-state index in [0.29, 0.717) is 5.92 Å². The van der Waals surface area contributed by atoms with E-state index in [4.69, 9.17) is 4.74 Å². The number of likely N-dealkylation sites (tertiary alicyclic amines) is 2. The highest BCUT2D eigenvalue weighted by molar-refractivity contribution is 5.68. The number of hydrogen-bond acceptors (Lipinski definition) is 4. The molecule has 2 heterocycles. The number of hydrogen-bond donors (Lipinski definition) is 1. The number of piperidine rings is 1. The molecule has 2 saturated heterocycles. The van der Waals surface area contributed by atoms with E-state index in [1.54, 1.807) is 12.1 Å². The fourth-order valence-electron chi connectivity index (χ4n) is 7.34. The first-order valence-electron chi connectivity index (χ1n) is 14.5. The molecule has 2 aromatic carbocycles. The molecule has 3 aliphatic rings. The number of halogens is 1. The number of benzene rings is 2. The van der Waals surface area contributed by atoms with Crippen LogP contribution in [-0.4, -0.2) is 53.7 Å². The highest BCUT2D eigenvalue weighted by Gasteiger charge is 2.56. The maximum absolute atomic E-state index is 14.8. The summed E-state index contributed by atoms with van der Waals surface area (Å²) in [5.41, 5.74) is 1.60. The molecule has 3 fully saturated rings. The van der Waals surface area contributed by atoms with Gasteiger partial charge in [-0.1, -0.05) is 48.9 Å². The Morgan fingerprint density at radius 2 is 1.68 bits per heavy atom. The molecule has 2 aromatic rings. The summed E-state index contributed by atoms with van der Waals surface area (Å²) in [7, 11) is 0. The van der Waals surface area contributed by atoms with Gasteiger partial charge < -0.3 is 10.1 Å². The number of alkyl carbamates (subject to hydrolysis) is 1. The van der Waals surface area contributed by atoms with Crippen molar-refractivity contribution in [2.75, 3.05) is 26.2 Å². The average molecular weight is 522 g/mol. The second-order valence-corrected chi connectivity index (χ2v) is 12.5. The molecule has 0 spiro atoms. The maximum Gasteiger partial charge on any atom is 0.407 e. The van der Waals surface area contributed by atoms with Crippen molar-refractivity contribution in [2.45, 2.75) is 83.0 Å². The van der Waals surface area contributed by atoms with E-state index in [-0.39, 0.29) is 29.4 Å². The van der Waals surface area contributed by atoms with Crippen molar-refractivity contribution in [3.8, 4) is 0 Å². The van der Waals surface area contributed by atoms with Crippen molar-refractivity contribution in [3.63, 3.8) is 0 Å². The molecule has 206 valence electrons. The van der Waals surface area contributed by atoms with Gasteiger partial charge in [-0.3, -0.25) is 9.80 Å². The molecule has 1 N–H and O–H groups in total. The Hall–Kier alpha value is -2.44. The fraction of sp³-hybridized carbons (Fsp3) is 0.594. The van der Waals surface area contributed by atoms with E-state index in [9.17, 15) is 9.18 Å². The molecular weight excluding hydrogens is 477 g/mol. The number of rotatable bonds is 7. The normalized spacial score (nSPS) is 24.9. The standard InChI is InChI=1S/C32H44FN3O2/c1-31(2,3)38-30(37)34-29-15-8-14-28(29)32(36-18-9-19-36,26-12-7-13-27(33)22-26)25-16-20-35(21-17-25)23-24-10-5-4-6-11-24/h4-7,10-13,22,25,28-29H,8-9,14-21,23H2,1-3H3,(H,34,37). The lowest BCUT2D eigenvalue weighted by Crippen LogP contribution is -2.64. The number of amides is 1. The van der Waals surface area contributed by atoms with Crippen LogP contribution in [0.3, 0.4) is 0 Å². The Balaban J connectivity index is 1.45. The van der Waals surface area contributed by atoms with Gasteiger partial charge in [-0.2, -0.15) is 0 Å². The topological polar surface area (TPSA) is 44.8 Å². The average Bonchev–Trinajstić information content (AvgIpc) is 3.29. The van der Waals surface area contributed by atoms with E-state index in [0.717, 1.165) is 70.4 Å². The Labute approximate surface area is 227 Å². The third kappa shape index (κ3) is 5.76. The minimum absolute atomic E-state index is 0.0102. The number of carbonyl (C=O) groups excluding carboxylic acids is 1. The van der Waals surface area contributed by atoms with Crippen LogP contribution in [0.2, 0.25) is 0 Å². The molecule has 5 rings (SSSR count). The summed E-state index contributed by atoms with van der Waals surface area (Å²) in [6.07, 6.45) is 5.97. The van der Waals surface area contributed by atoms with Crippen molar-refractivity contribution in [2.24, 2.45) is 11.8 Å². The van der Waals surface area contributed by atoms with Crippen molar-refractivity contribution < 1.29 is 13.9 Å². The van der Waals surface area contributed by atoms with Crippen LogP contribution >= 0.6 is 0 Å². The predicted molar refractivity (Wildman–Crippen MR) is 149 cm³/mol. The van der Waals surface area contributed by atoms with Crippen LogP contribution in [0.5, 0.6) is 0 Å². The van der Waals surface area contributed by atoms with E-state index in [1.165, 1.54) is 12.0 Å². The largest absolute Gasteiger partial charge is 0.444 e. The first kappa shape index (κ1) is 27.1. The van der Waals surface area contributed by atoms with E-state index in [2.05, 4.69) is 51.5 Å². The van der Waals surface area contributed by atoms with Gasteiger partial charge in [0.1, 0.15) is 11.4 Å². The molecule has 1 saturated carbocycles. The third-order valence-corrected chi connectivity index (χ3v) is 8.91. The summed E-state index contributed by atoms with van der Waals surface area (Å²) in [6, 6.07) is 18.0. The highest BCUT2D eigenvalue weighted by atomic mass is 19.1. The number of nitrogens with zero attached hydrogens (tertiary/aromatic N) is 2. The van der Waals surface area contributed by atoms with Crippen LogP contribution in [0.4, 0.5) is 9.18 Å². The van der Waals surface area contributed by atoms with Gasteiger partial charge in [0.2, 0.25) is 0 Å². The van der Waals surface area contributed by atoms with Crippen molar-refractivity contribution in [3.05, 3.63) is 71.5 Å². The van der Waals surface area contributed by atoms with Crippen LogP contribution in [0, 0.1) is 17.7 Å². The fourth-order valence-corrected chi connectivity index (χ4v) is 7.34. The van der Waals surface area contributed by atoms with Gasteiger partial charge in [-0.05, 0) is 95.1 Å². The van der Waals surface area contributed by atoms with E-state index in [1.807, 2.05) is 26.8 Å². The summed E-state index contributed by atoms with van der Waals surface area (Å²) in [5, 5.41) is 3.27. The van der Waals surface area contributed by atoms with Crippen LogP contribution in [0.25, 0.3) is 0 Å². The van der Waals surface area contributed by atoms with Gasteiger partial charge in [-0.15, -0.1) is 0 Å². The Kier molecular flexibility index (Phi) is 8.11. The van der Waals surface area contributed by atoms with Crippen molar-refractivity contribution in [1.82, 2.24) is 15.1 Å². The SMILES string of the molecule is CC(C)(C)OC(=O)NC1CCCC1C(c1cccc(F)c1)(C1CCN(Cc2ccccc2)CC1)N1CCC1. The quantitative estimate of drug-likeness (QED) is 0.462. The Morgan fingerprint density at radius 3 is 2.32 bits per heavy atom. The maximum atomic E-state index is 14.8. The lowest BCUT2D eigenvalue weighted by atomic mass is 9.62. The smallest absolute Gasteiger partial charge is 0.407 e. The summed E-state index contributed by atoms with van der Waals surface area (Å²) in [4.78, 5) is 18.1. The molecule has 5 nitrogen and oxygen atoms in total. The number of ether oxygens (including phenoxy) is 1. The van der Waals surface area contributed by atoms with Crippen molar-refractivity contribution in [1.29, 1.82) is 0 Å². The first-order chi connectivity index (χ1) is 18.3. The molecule has 2 aliphatic heterocycles. The van der Waals surface area contributed by atoms with Gasteiger partial charge >= 0.3 is 6.09 Å². The van der Waals surface area contributed by atoms with E-state index < -0.39 is 5.60 Å². The van der Waals surface area contributed by atoms with Crippen LogP contribution in [0.15, 0.2) is 54.6 Å². The monoisotopic (exact) mass is 521 g/mol. The molecule has 0 aromatic heterocycles. The molecule has 0 radical (unpaired) electrons. The molecular formula is C32H44FN3O2. The number of nitrogens with one attached hydrogen (secondary N) is 1. The molecule has 38 heavy (non-hydrogen) atoms. The highest BCUT2D eigenvalue weighted by Crippen LogP contribution is 2.54. The summed E-state index contributed by atoms with van der Waals surface area (Å²) in [6.45, 7) is 10.8. The van der Waals surface area contributed by atoms with E-state index >= 15 is 0 Å². The first-order valence-corrected chi connectivity index (χ1v) is 14.5. The second kappa shape index (κ2) is 11.4. The van der Waals surface area contributed by atoms with Gasteiger partial charge in [0.15, 0.2) is 0 Å². The summed E-state index contributed by atoms with van der Waals surface area (Å²) < 4.78 is 20.5. The van der Waals surface area contributed by atoms with Crippen LogP contribution < -0.4 is 5.32 Å². The molecule has 6 heteroatoms. The third-order valence-electron chi connectivity index (χ3n) is 8.91. The zero-order valence-corrected chi connectivity index (χ0v) is 23.3. The Bertz CT molecular complexity index is 1080. The molecule has 1 amide bonds. The van der Waals surface area contributed by atoms with Gasteiger partial charge in [-0.25, -0.2) is 9.18 Å². The predicted octanol–water partition coefficient (Wildman–Crippen LogP) is 6.33. The zero-order chi connectivity index (χ0) is 26.8. The second-order valence-electron chi connectivity index (χ2n) is 12.5. The number of carbonyl (C=O) groups is 1. The van der Waals surface area contributed by atoms with Crippen LogP contribution in [0.1, 0.15) is 70.4 Å². The zero-order valence-electron chi connectivity index (χ0n) is 23.3. The van der Waals surface area contributed by atoms with Gasteiger partial charge in [0.25, 0.3) is 0 Å². The molecule has 1 aliphatic carbocycles. The molecule has 3 unspecified atom stereocenters. The van der Waals surface area contributed by atoms with Crippen molar-refractivity contribution >= 4 is 6.09 Å². The minimum Gasteiger partial charge on any atom is -0.444 e. The lowest BCUT2D eigenvalue weighted by molar-refractivity contribution is -0.0861. The Morgan fingerprint density at radius 1 is 0.947 bits per heavy atom. The summed E-state index contributed by atoms with van der Waals surface area (Å²) >= 11 is 0. The molecule has 0 bridgehead atoms. The molecule has 3 atom stereocenters. The van der Waals surface area contributed by atoms with Gasteiger partial charge in [0.05, 0.1) is 5.54 Å². The summed E-state index contributed by atoms with van der Waals surface area (Å²) in [5.74, 6) is 0.425. The van der Waals surface area contributed by atoms with Gasteiger partial charge in [0, 0.05) is 31.6 Å². The lowest BCUT2D eigenvalue weighted by Gasteiger charge is -2.59.